The fraction of sp³-hybridized carbons (Fsp3) is 0.0526. The van der Waals surface area contributed by atoms with Crippen LogP contribution in [0.2, 0.25) is 0 Å². The molecule has 0 amide bonds. The van der Waals surface area contributed by atoms with Crippen molar-refractivity contribution in [3.63, 3.8) is 0 Å². The number of fused-ring (bicyclic) bond motifs is 13. The first-order chi connectivity index (χ1) is 29.2. The number of methoxy groups -OCH3 is 1. The van der Waals surface area contributed by atoms with Crippen LogP contribution in [0.3, 0.4) is 0 Å². The van der Waals surface area contributed by atoms with Crippen molar-refractivity contribution >= 4 is 17.1 Å². The Bertz CT molecular complexity index is 2890. The zero-order valence-electron chi connectivity index (χ0n) is 32.6. The second-order valence-electron chi connectivity index (χ2n) is 15.9. The Balaban J connectivity index is 1.13. The van der Waals surface area contributed by atoms with Gasteiger partial charge in [-0.25, -0.2) is 0 Å². The molecule has 0 aliphatic heterocycles. The van der Waals surface area contributed by atoms with Gasteiger partial charge >= 0.3 is 0 Å². The number of benzene rings is 9. The molecule has 0 radical (unpaired) electrons. The molecule has 1 spiro atoms. The maximum Gasteiger partial charge on any atom is 0.119 e. The molecule has 0 heterocycles. The molecule has 0 fully saturated rings. The molecule has 0 atom stereocenters. The molecule has 9 aromatic rings. The maximum absolute atomic E-state index is 5.69. The van der Waals surface area contributed by atoms with E-state index in [1.807, 2.05) is 0 Å². The van der Waals surface area contributed by atoms with Crippen LogP contribution in [0.25, 0.3) is 33.4 Å². The average Bonchev–Trinajstić information content (AvgIpc) is 3.90. The summed E-state index contributed by atoms with van der Waals surface area (Å²) in [5, 5.41) is 0. The Labute approximate surface area is 345 Å². The topological polar surface area (TPSA) is 12.5 Å². The summed E-state index contributed by atoms with van der Waals surface area (Å²) in [6.45, 7) is 0. The first-order valence-corrected chi connectivity index (χ1v) is 20.5. The number of hydrogen-bond acceptors (Lipinski definition) is 2. The minimum absolute atomic E-state index is 0.448. The van der Waals surface area contributed by atoms with Gasteiger partial charge in [-0.05, 0) is 126 Å². The smallest absolute Gasteiger partial charge is 0.119 e. The minimum Gasteiger partial charge on any atom is -0.497 e. The number of anilines is 3. The molecule has 2 nitrogen and oxygen atoms in total. The molecule has 9 aromatic carbocycles. The molecule has 2 heteroatoms. The maximum atomic E-state index is 5.69. The van der Waals surface area contributed by atoms with Crippen molar-refractivity contribution in [1.82, 2.24) is 0 Å². The lowest BCUT2D eigenvalue weighted by Crippen LogP contribution is -2.28. The summed E-state index contributed by atoms with van der Waals surface area (Å²) >= 11 is 0. The molecule has 3 aliphatic rings. The first-order valence-electron chi connectivity index (χ1n) is 20.5. The van der Waals surface area contributed by atoms with Gasteiger partial charge in [0, 0.05) is 17.1 Å². The second-order valence-corrected chi connectivity index (χ2v) is 15.9. The highest BCUT2D eigenvalue weighted by atomic mass is 16.5. The van der Waals surface area contributed by atoms with E-state index in [4.69, 9.17) is 4.74 Å². The van der Waals surface area contributed by atoms with Crippen molar-refractivity contribution < 1.29 is 4.74 Å². The van der Waals surface area contributed by atoms with Crippen LogP contribution in [0.5, 0.6) is 5.75 Å². The highest BCUT2D eigenvalue weighted by molar-refractivity contribution is 5.97. The van der Waals surface area contributed by atoms with Crippen molar-refractivity contribution in [2.45, 2.75) is 10.8 Å². The zero-order chi connectivity index (χ0) is 39.1. The van der Waals surface area contributed by atoms with E-state index in [0.29, 0.717) is 0 Å². The normalized spacial score (nSPS) is 14.1. The van der Waals surface area contributed by atoms with Crippen LogP contribution in [0.1, 0.15) is 44.5 Å². The summed E-state index contributed by atoms with van der Waals surface area (Å²) < 4.78 is 5.69. The van der Waals surface area contributed by atoms with Crippen LogP contribution >= 0.6 is 0 Å². The molecule has 0 bridgehead atoms. The van der Waals surface area contributed by atoms with E-state index < -0.39 is 10.8 Å². The predicted molar refractivity (Wildman–Crippen MR) is 241 cm³/mol. The van der Waals surface area contributed by atoms with Crippen LogP contribution in [0, 0.1) is 0 Å². The highest BCUT2D eigenvalue weighted by Gasteiger charge is 2.52. The highest BCUT2D eigenvalue weighted by Crippen LogP contribution is 2.64. The first kappa shape index (κ1) is 33.7. The fourth-order valence-corrected chi connectivity index (χ4v) is 11.0. The minimum atomic E-state index is -0.517. The van der Waals surface area contributed by atoms with Crippen molar-refractivity contribution in [2.24, 2.45) is 0 Å². The third-order valence-corrected chi connectivity index (χ3v) is 13.3. The molecule has 0 N–H and O–H groups in total. The number of rotatable bonds is 6. The van der Waals surface area contributed by atoms with Gasteiger partial charge in [-0.2, -0.15) is 0 Å². The SMILES string of the molecule is COc1ccc(N(c2ccc3c(c2)C(c2ccccc2)(c2ccccc2)c2ccccc2-3)c2ccc3c(c2)C2(c4ccccc4-c4ccccc42)c2ccccc2-3)cc1. The van der Waals surface area contributed by atoms with Crippen LogP contribution in [0.4, 0.5) is 17.1 Å². The molecule has 12 rings (SSSR count). The van der Waals surface area contributed by atoms with E-state index in [2.05, 4.69) is 223 Å². The van der Waals surface area contributed by atoms with E-state index in [1.165, 1.54) is 77.9 Å². The van der Waals surface area contributed by atoms with E-state index in [-0.39, 0.29) is 0 Å². The van der Waals surface area contributed by atoms with Crippen molar-refractivity contribution in [3.8, 4) is 39.1 Å². The average molecular weight is 754 g/mol. The third kappa shape index (κ3) is 4.52. The molecule has 278 valence electrons. The van der Waals surface area contributed by atoms with Gasteiger partial charge in [0.25, 0.3) is 0 Å². The lowest BCUT2D eigenvalue weighted by atomic mass is 9.67. The Morgan fingerprint density at radius 3 is 1.07 bits per heavy atom. The molecule has 0 aromatic heterocycles. The Morgan fingerprint density at radius 1 is 0.305 bits per heavy atom. The molecule has 0 saturated carbocycles. The van der Waals surface area contributed by atoms with Crippen LogP contribution in [0.15, 0.2) is 218 Å². The van der Waals surface area contributed by atoms with Gasteiger partial charge < -0.3 is 9.64 Å². The van der Waals surface area contributed by atoms with Crippen LogP contribution < -0.4 is 9.64 Å². The largest absolute Gasteiger partial charge is 0.497 e. The lowest BCUT2D eigenvalue weighted by Gasteiger charge is -2.35. The molecular weight excluding hydrogens is 715 g/mol. The monoisotopic (exact) mass is 753 g/mol. The van der Waals surface area contributed by atoms with Crippen molar-refractivity contribution in [3.05, 3.63) is 263 Å². The van der Waals surface area contributed by atoms with Gasteiger partial charge in [0.05, 0.1) is 17.9 Å². The Hall–Kier alpha value is -7.42. The van der Waals surface area contributed by atoms with Gasteiger partial charge in [-0.15, -0.1) is 0 Å². The van der Waals surface area contributed by atoms with Crippen molar-refractivity contribution in [1.29, 1.82) is 0 Å². The zero-order valence-corrected chi connectivity index (χ0v) is 32.6. The quantitative estimate of drug-likeness (QED) is 0.168. The molecular formula is C57H39NO. The molecule has 0 unspecified atom stereocenters. The lowest BCUT2D eigenvalue weighted by molar-refractivity contribution is 0.415. The van der Waals surface area contributed by atoms with Gasteiger partial charge in [-0.1, -0.05) is 170 Å². The van der Waals surface area contributed by atoms with E-state index >= 15 is 0 Å². The Kier molecular flexibility index (Phi) is 7.31. The number of nitrogens with zero attached hydrogens (tertiary/aromatic N) is 1. The second kappa shape index (κ2) is 12.8. The standard InChI is InChI=1S/C57H39NO/c1-59-43-32-28-40(29-33-43)58(41-30-34-48-46-22-8-12-24-50(46)56(54(48)36-41,38-16-4-2-5-17-38)39-18-6-3-7-19-39)42-31-35-49-47-23-11-15-27-53(47)57(55(49)37-42)51-25-13-9-20-44(51)45-21-10-14-26-52(45)57/h2-37H,1H3. The van der Waals surface area contributed by atoms with Gasteiger partial charge in [-0.3, -0.25) is 0 Å². The van der Waals surface area contributed by atoms with Gasteiger partial charge in [0.2, 0.25) is 0 Å². The summed E-state index contributed by atoms with van der Waals surface area (Å²) in [6.07, 6.45) is 0. The summed E-state index contributed by atoms with van der Waals surface area (Å²) in [6, 6.07) is 80.9. The third-order valence-electron chi connectivity index (χ3n) is 13.3. The number of ether oxygens (including phenoxy) is 1. The summed E-state index contributed by atoms with van der Waals surface area (Å²) in [4.78, 5) is 2.44. The fourth-order valence-electron chi connectivity index (χ4n) is 11.0. The molecule has 3 aliphatic carbocycles. The van der Waals surface area contributed by atoms with E-state index in [9.17, 15) is 0 Å². The van der Waals surface area contributed by atoms with Crippen LogP contribution in [-0.2, 0) is 10.8 Å². The molecule has 0 saturated heterocycles. The predicted octanol–water partition coefficient (Wildman–Crippen LogP) is 13.9. The Morgan fingerprint density at radius 2 is 0.644 bits per heavy atom. The van der Waals surface area contributed by atoms with Crippen molar-refractivity contribution in [2.75, 3.05) is 12.0 Å². The summed E-state index contributed by atoms with van der Waals surface area (Å²) in [7, 11) is 1.73. The summed E-state index contributed by atoms with van der Waals surface area (Å²) in [5.41, 5.74) is 20.4. The van der Waals surface area contributed by atoms with Gasteiger partial charge in [0.15, 0.2) is 0 Å². The van der Waals surface area contributed by atoms with Crippen LogP contribution in [-0.4, -0.2) is 7.11 Å². The van der Waals surface area contributed by atoms with E-state index in [1.54, 1.807) is 7.11 Å². The molecule has 59 heavy (non-hydrogen) atoms. The van der Waals surface area contributed by atoms with Gasteiger partial charge in [0.1, 0.15) is 5.75 Å². The number of hydrogen-bond donors (Lipinski definition) is 0. The summed E-state index contributed by atoms with van der Waals surface area (Å²) in [5.74, 6) is 0.827. The van der Waals surface area contributed by atoms with E-state index in [0.717, 1.165) is 22.8 Å².